The predicted molar refractivity (Wildman–Crippen MR) is 85.5 cm³/mol. The third-order valence-corrected chi connectivity index (χ3v) is 4.00. The minimum absolute atomic E-state index is 0.0547. The van der Waals surface area contributed by atoms with Gasteiger partial charge in [-0.25, -0.2) is 0 Å². The molecular weight excluding hydrogens is 266 g/mol. The highest BCUT2D eigenvalue weighted by molar-refractivity contribution is 7.10. The van der Waals surface area contributed by atoms with Gasteiger partial charge in [-0.3, -0.25) is 4.79 Å². The monoisotopic (exact) mass is 285 g/mol. The molecular formula is C17H19NOS. The first-order chi connectivity index (χ1) is 9.66. The fourth-order valence-electron chi connectivity index (χ4n) is 1.97. The van der Waals surface area contributed by atoms with E-state index in [0.717, 1.165) is 5.56 Å². The van der Waals surface area contributed by atoms with Crippen molar-refractivity contribution >= 4 is 23.3 Å². The Bertz CT molecular complexity index is 558. The molecule has 0 saturated carbocycles. The Hall–Kier alpha value is -1.87. The highest BCUT2D eigenvalue weighted by Gasteiger charge is 2.17. The van der Waals surface area contributed by atoms with Crippen molar-refractivity contribution in [2.75, 3.05) is 0 Å². The molecule has 0 aliphatic carbocycles. The van der Waals surface area contributed by atoms with Crippen LogP contribution in [0.5, 0.6) is 0 Å². The normalized spacial score (nSPS) is 12.8. The first-order valence-corrected chi connectivity index (χ1v) is 7.62. The van der Waals surface area contributed by atoms with Gasteiger partial charge in [-0.2, -0.15) is 0 Å². The van der Waals surface area contributed by atoms with Crippen molar-refractivity contribution in [3.8, 4) is 0 Å². The van der Waals surface area contributed by atoms with Crippen molar-refractivity contribution in [3.05, 3.63) is 64.4 Å². The first-order valence-electron chi connectivity index (χ1n) is 6.74. The van der Waals surface area contributed by atoms with Crippen molar-refractivity contribution in [1.82, 2.24) is 5.32 Å². The van der Waals surface area contributed by atoms with E-state index >= 15 is 0 Å². The Balaban J connectivity index is 2.01. The van der Waals surface area contributed by atoms with Gasteiger partial charge in [0.05, 0.1) is 6.04 Å². The zero-order valence-corrected chi connectivity index (χ0v) is 12.6. The summed E-state index contributed by atoms with van der Waals surface area (Å²) >= 11 is 1.68. The highest BCUT2D eigenvalue weighted by Crippen LogP contribution is 2.25. The standard InChI is InChI=1S/C17H19NOS/c1-13(2)17(15-9-6-12-20-15)18-16(19)11-10-14-7-4-3-5-8-14/h3-13,17H,1-2H3,(H,18,19)/b11-10+/t17-/m0/s1. The molecule has 1 N–H and O–H groups in total. The van der Waals surface area contributed by atoms with Gasteiger partial charge in [-0.05, 0) is 29.0 Å². The third-order valence-electron chi connectivity index (χ3n) is 3.04. The summed E-state index contributed by atoms with van der Waals surface area (Å²) in [7, 11) is 0. The summed E-state index contributed by atoms with van der Waals surface area (Å²) in [4.78, 5) is 13.2. The van der Waals surface area contributed by atoms with E-state index in [4.69, 9.17) is 0 Å². The van der Waals surface area contributed by atoms with E-state index < -0.39 is 0 Å². The molecule has 1 aromatic heterocycles. The summed E-state index contributed by atoms with van der Waals surface area (Å²) in [5, 5.41) is 5.11. The van der Waals surface area contributed by atoms with E-state index in [1.807, 2.05) is 47.9 Å². The SMILES string of the molecule is CC(C)[C@H](NC(=O)/C=C/c1ccccc1)c1cccs1. The van der Waals surface area contributed by atoms with Crippen LogP contribution in [0.2, 0.25) is 0 Å². The van der Waals surface area contributed by atoms with Crippen molar-refractivity contribution in [2.45, 2.75) is 19.9 Å². The minimum atomic E-state index is -0.0547. The Kier molecular flexibility index (Phi) is 5.13. The van der Waals surface area contributed by atoms with Crippen molar-refractivity contribution < 1.29 is 4.79 Å². The Morgan fingerprint density at radius 1 is 1.15 bits per heavy atom. The van der Waals surface area contributed by atoms with E-state index in [1.165, 1.54) is 4.88 Å². The van der Waals surface area contributed by atoms with Crippen LogP contribution >= 0.6 is 11.3 Å². The van der Waals surface area contributed by atoms with Gasteiger partial charge in [-0.15, -0.1) is 11.3 Å². The van der Waals surface area contributed by atoms with Gasteiger partial charge in [0, 0.05) is 11.0 Å². The second kappa shape index (κ2) is 7.06. The summed E-state index contributed by atoms with van der Waals surface area (Å²) in [5.74, 6) is 0.309. The summed E-state index contributed by atoms with van der Waals surface area (Å²) < 4.78 is 0. The molecule has 3 heteroatoms. The smallest absolute Gasteiger partial charge is 0.244 e. The van der Waals surface area contributed by atoms with Crippen LogP contribution in [0.4, 0.5) is 0 Å². The number of nitrogens with one attached hydrogen (secondary N) is 1. The minimum Gasteiger partial charge on any atom is -0.345 e. The van der Waals surface area contributed by atoms with Gasteiger partial charge in [-0.1, -0.05) is 50.2 Å². The Labute approximate surface area is 124 Å². The van der Waals surface area contributed by atoms with Crippen LogP contribution in [0.1, 0.15) is 30.3 Å². The number of amides is 1. The number of benzene rings is 1. The van der Waals surface area contributed by atoms with E-state index in [9.17, 15) is 4.79 Å². The lowest BCUT2D eigenvalue weighted by Gasteiger charge is -2.20. The summed E-state index contributed by atoms with van der Waals surface area (Å²) in [5.41, 5.74) is 1.03. The maximum atomic E-state index is 12.0. The zero-order chi connectivity index (χ0) is 14.4. The van der Waals surface area contributed by atoms with Gasteiger partial charge in [0.15, 0.2) is 0 Å². The number of carbonyl (C=O) groups excluding carboxylic acids is 1. The third kappa shape index (κ3) is 4.07. The van der Waals surface area contributed by atoms with Crippen molar-refractivity contribution in [1.29, 1.82) is 0 Å². The molecule has 1 aromatic carbocycles. The molecule has 0 spiro atoms. The topological polar surface area (TPSA) is 29.1 Å². The highest BCUT2D eigenvalue weighted by atomic mass is 32.1. The maximum Gasteiger partial charge on any atom is 0.244 e. The second-order valence-electron chi connectivity index (χ2n) is 4.99. The number of rotatable bonds is 5. The zero-order valence-electron chi connectivity index (χ0n) is 11.7. The molecule has 0 fully saturated rings. The molecule has 0 radical (unpaired) electrons. The second-order valence-corrected chi connectivity index (χ2v) is 5.97. The van der Waals surface area contributed by atoms with Crippen LogP contribution < -0.4 is 5.32 Å². The molecule has 1 amide bonds. The van der Waals surface area contributed by atoms with Crippen LogP contribution in [0.25, 0.3) is 6.08 Å². The molecule has 0 aliphatic heterocycles. The molecule has 0 aliphatic rings. The van der Waals surface area contributed by atoms with Gasteiger partial charge in [0.1, 0.15) is 0 Å². The van der Waals surface area contributed by atoms with Gasteiger partial charge in [0.2, 0.25) is 5.91 Å². The lowest BCUT2D eigenvalue weighted by Crippen LogP contribution is -2.29. The number of hydrogen-bond acceptors (Lipinski definition) is 2. The summed E-state index contributed by atoms with van der Waals surface area (Å²) in [6.07, 6.45) is 3.43. The average molecular weight is 285 g/mol. The van der Waals surface area contributed by atoms with E-state index in [-0.39, 0.29) is 11.9 Å². The van der Waals surface area contributed by atoms with E-state index in [1.54, 1.807) is 17.4 Å². The number of thiophene rings is 1. The van der Waals surface area contributed by atoms with Crippen molar-refractivity contribution in [2.24, 2.45) is 5.92 Å². The van der Waals surface area contributed by atoms with Crippen LogP contribution in [0, 0.1) is 5.92 Å². The fourth-order valence-corrected chi connectivity index (χ4v) is 2.92. The molecule has 0 unspecified atom stereocenters. The van der Waals surface area contributed by atoms with Crippen LogP contribution in [0.15, 0.2) is 53.9 Å². The molecule has 2 nitrogen and oxygen atoms in total. The predicted octanol–water partition coefficient (Wildman–Crippen LogP) is 4.27. The van der Waals surface area contributed by atoms with Gasteiger partial charge in [0.25, 0.3) is 0 Å². The van der Waals surface area contributed by atoms with Crippen LogP contribution in [-0.2, 0) is 4.79 Å². The van der Waals surface area contributed by atoms with Gasteiger partial charge < -0.3 is 5.32 Å². The molecule has 2 rings (SSSR count). The molecule has 104 valence electrons. The Morgan fingerprint density at radius 2 is 1.90 bits per heavy atom. The molecule has 20 heavy (non-hydrogen) atoms. The van der Waals surface area contributed by atoms with Gasteiger partial charge >= 0.3 is 0 Å². The Morgan fingerprint density at radius 3 is 2.50 bits per heavy atom. The van der Waals surface area contributed by atoms with Crippen LogP contribution in [-0.4, -0.2) is 5.91 Å². The lowest BCUT2D eigenvalue weighted by atomic mass is 10.0. The van der Waals surface area contributed by atoms with Crippen LogP contribution in [0.3, 0.4) is 0 Å². The van der Waals surface area contributed by atoms with Crippen molar-refractivity contribution in [3.63, 3.8) is 0 Å². The molecule has 1 heterocycles. The largest absolute Gasteiger partial charge is 0.345 e. The van der Waals surface area contributed by atoms with E-state index in [2.05, 4.69) is 25.2 Å². The van der Waals surface area contributed by atoms with E-state index in [0.29, 0.717) is 5.92 Å². The number of hydrogen-bond donors (Lipinski definition) is 1. The summed E-state index contributed by atoms with van der Waals surface area (Å²) in [6.45, 7) is 4.23. The first kappa shape index (κ1) is 14.5. The molecule has 0 saturated heterocycles. The maximum absolute atomic E-state index is 12.0. The molecule has 0 bridgehead atoms. The molecule has 2 aromatic rings. The lowest BCUT2D eigenvalue weighted by molar-refractivity contribution is -0.117. The molecule has 1 atom stereocenters. The number of carbonyl (C=O) groups is 1. The fraction of sp³-hybridized carbons (Fsp3) is 0.235. The quantitative estimate of drug-likeness (QED) is 0.816. The summed E-state index contributed by atoms with van der Waals surface area (Å²) in [6, 6.07) is 14.0. The average Bonchev–Trinajstić information content (AvgIpc) is 2.97.